The number of hydrogen-bond donors (Lipinski definition) is 1. The van der Waals surface area contributed by atoms with Crippen LogP contribution in [0.1, 0.15) is 18.4 Å². The van der Waals surface area contributed by atoms with Gasteiger partial charge in [0.1, 0.15) is 19.8 Å². The summed E-state index contributed by atoms with van der Waals surface area (Å²) in [6, 6.07) is 3.54. The van der Waals surface area contributed by atoms with Crippen LogP contribution in [0.25, 0.3) is 6.08 Å². The Labute approximate surface area is 139 Å². The molecule has 24 heavy (non-hydrogen) atoms. The highest BCUT2D eigenvalue weighted by Crippen LogP contribution is 2.40. The summed E-state index contributed by atoms with van der Waals surface area (Å²) < 4.78 is 16.4. The molecule has 128 valence electrons. The zero-order chi connectivity index (χ0) is 17.1. The minimum atomic E-state index is -1.01. The first-order valence-electron chi connectivity index (χ1n) is 7.76. The number of hydrogen-bond acceptors (Lipinski definition) is 5. The van der Waals surface area contributed by atoms with E-state index in [2.05, 4.69) is 0 Å². The Kier molecular flexibility index (Phi) is 4.59. The van der Waals surface area contributed by atoms with Crippen LogP contribution in [0.5, 0.6) is 17.2 Å². The monoisotopic (exact) mass is 333 g/mol. The lowest BCUT2D eigenvalue weighted by Gasteiger charge is -2.21. The SMILES string of the molecule is COc1cc(C=CC(=O)N(CC(=O)O)C2CC2)cc2c1OCCO2. The van der Waals surface area contributed by atoms with Gasteiger partial charge in [0, 0.05) is 12.1 Å². The number of benzene rings is 1. The van der Waals surface area contributed by atoms with Crippen molar-refractivity contribution in [2.45, 2.75) is 18.9 Å². The highest BCUT2D eigenvalue weighted by molar-refractivity contribution is 5.94. The fourth-order valence-electron chi connectivity index (χ4n) is 2.57. The second kappa shape index (κ2) is 6.82. The summed E-state index contributed by atoms with van der Waals surface area (Å²) in [5.41, 5.74) is 0.718. The van der Waals surface area contributed by atoms with Crippen LogP contribution in [-0.4, -0.2) is 54.8 Å². The normalized spacial score (nSPS) is 16.0. The number of carboxylic acids is 1. The van der Waals surface area contributed by atoms with E-state index in [-0.39, 0.29) is 18.5 Å². The molecule has 0 unspecified atom stereocenters. The molecule has 7 nitrogen and oxygen atoms in total. The van der Waals surface area contributed by atoms with Gasteiger partial charge in [0.05, 0.1) is 7.11 Å². The number of carbonyl (C=O) groups excluding carboxylic acids is 1. The molecule has 0 saturated heterocycles. The molecule has 0 spiro atoms. The summed E-state index contributed by atoms with van der Waals surface area (Å²) in [5, 5.41) is 8.93. The average Bonchev–Trinajstić information content (AvgIpc) is 3.41. The Morgan fingerprint density at radius 1 is 1.33 bits per heavy atom. The summed E-state index contributed by atoms with van der Waals surface area (Å²) in [4.78, 5) is 24.5. The van der Waals surface area contributed by atoms with E-state index in [0.29, 0.717) is 30.5 Å². The van der Waals surface area contributed by atoms with Gasteiger partial charge in [-0.2, -0.15) is 0 Å². The number of amides is 1. The van der Waals surface area contributed by atoms with Crippen molar-refractivity contribution in [3.63, 3.8) is 0 Å². The van der Waals surface area contributed by atoms with Crippen molar-refractivity contribution in [3.05, 3.63) is 23.8 Å². The molecule has 1 aromatic rings. The smallest absolute Gasteiger partial charge is 0.323 e. The van der Waals surface area contributed by atoms with E-state index < -0.39 is 5.97 Å². The zero-order valence-corrected chi connectivity index (χ0v) is 13.4. The van der Waals surface area contributed by atoms with Gasteiger partial charge in [0.25, 0.3) is 0 Å². The Morgan fingerprint density at radius 3 is 2.75 bits per heavy atom. The zero-order valence-electron chi connectivity index (χ0n) is 13.4. The lowest BCUT2D eigenvalue weighted by Crippen LogP contribution is -2.36. The van der Waals surface area contributed by atoms with E-state index in [1.165, 1.54) is 18.1 Å². The Bertz CT molecular complexity index is 663. The number of nitrogens with zero attached hydrogens (tertiary/aromatic N) is 1. The molecule has 1 aliphatic heterocycles. The number of rotatable bonds is 6. The molecule has 1 heterocycles. The number of aliphatic carboxylic acids is 1. The quantitative estimate of drug-likeness (QED) is 0.795. The Hall–Kier alpha value is -2.70. The van der Waals surface area contributed by atoms with Crippen LogP contribution in [0, 0.1) is 0 Å². The van der Waals surface area contributed by atoms with Crippen LogP contribution in [0.15, 0.2) is 18.2 Å². The molecule has 0 radical (unpaired) electrons. The molecular formula is C17H19NO6. The van der Waals surface area contributed by atoms with Crippen molar-refractivity contribution in [2.75, 3.05) is 26.9 Å². The first-order chi connectivity index (χ1) is 11.6. The topological polar surface area (TPSA) is 85.3 Å². The van der Waals surface area contributed by atoms with Crippen molar-refractivity contribution in [1.82, 2.24) is 4.90 Å². The maximum atomic E-state index is 12.3. The number of carbonyl (C=O) groups is 2. The van der Waals surface area contributed by atoms with Gasteiger partial charge in [-0.1, -0.05) is 0 Å². The van der Waals surface area contributed by atoms with E-state index >= 15 is 0 Å². The van der Waals surface area contributed by atoms with Crippen molar-refractivity contribution < 1.29 is 28.9 Å². The van der Waals surface area contributed by atoms with Gasteiger partial charge < -0.3 is 24.2 Å². The lowest BCUT2D eigenvalue weighted by atomic mass is 10.1. The third-order valence-electron chi connectivity index (χ3n) is 3.85. The molecular weight excluding hydrogens is 314 g/mol. The van der Waals surface area contributed by atoms with E-state index in [4.69, 9.17) is 19.3 Å². The third kappa shape index (κ3) is 3.61. The fourth-order valence-corrected chi connectivity index (χ4v) is 2.57. The summed E-state index contributed by atoms with van der Waals surface area (Å²) in [7, 11) is 1.54. The lowest BCUT2D eigenvalue weighted by molar-refractivity contribution is -0.143. The van der Waals surface area contributed by atoms with Gasteiger partial charge in [-0.05, 0) is 36.6 Å². The third-order valence-corrected chi connectivity index (χ3v) is 3.85. The number of carboxylic acid groups (broad SMARTS) is 1. The first-order valence-corrected chi connectivity index (χ1v) is 7.76. The molecule has 1 aliphatic carbocycles. The van der Waals surface area contributed by atoms with Crippen LogP contribution in [-0.2, 0) is 9.59 Å². The van der Waals surface area contributed by atoms with Crippen LogP contribution in [0.4, 0.5) is 0 Å². The van der Waals surface area contributed by atoms with Gasteiger partial charge in [-0.3, -0.25) is 9.59 Å². The molecule has 0 bridgehead atoms. The average molecular weight is 333 g/mol. The number of ether oxygens (including phenoxy) is 3. The molecule has 0 atom stereocenters. The summed E-state index contributed by atoms with van der Waals surface area (Å²) in [6.07, 6.45) is 4.71. The number of methoxy groups -OCH3 is 1. The van der Waals surface area contributed by atoms with E-state index in [0.717, 1.165) is 18.4 Å². The van der Waals surface area contributed by atoms with Crippen molar-refractivity contribution in [2.24, 2.45) is 0 Å². The first kappa shape index (κ1) is 16.2. The summed E-state index contributed by atoms with van der Waals surface area (Å²) in [5.74, 6) is 0.331. The predicted molar refractivity (Wildman–Crippen MR) is 85.4 cm³/mol. The number of fused-ring (bicyclic) bond motifs is 1. The second-order valence-electron chi connectivity index (χ2n) is 5.67. The van der Waals surface area contributed by atoms with Gasteiger partial charge in [-0.15, -0.1) is 0 Å². The largest absolute Gasteiger partial charge is 0.493 e. The minimum Gasteiger partial charge on any atom is -0.493 e. The molecule has 7 heteroatoms. The van der Waals surface area contributed by atoms with Crippen molar-refractivity contribution in [3.8, 4) is 17.2 Å². The van der Waals surface area contributed by atoms with Crippen LogP contribution in [0.3, 0.4) is 0 Å². The maximum Gasteiger partial charge on any atom is 0.323 e. The fraction of sp³-hybridized carbons (Fsp3) is 0.412. The van der Waals surface area contributed by atoms with Crippen LogP contribution < -0.4 is 14.2 Å². The summed E-state index contributed by atoms with van der Waals surface area (Å²) >= 11 is 0. The van der Waals surface area contributed by atoms with Gasteiger partial charge in [0.15, 0.2) is 11.5 Å². The maximum absolute atomic E-state index is 12.3. The van der Waals surface area contributed by atoms with Crippen LogP contribution >= 0.6 is 0 Å². The highest BCUT2D eigenvalue weighted by atomic mass is 16.6. The molecule has 1 aromatic carbocycles. The molecule has 0 aromatic heterocycles. The van der Waals surface area contributed by atoms with Crippen molar-refractivity contribution in [1.29, 1.82) is 0 Å². The summed E-state index contributed by atoms with van der Waals surface area (Å²) in [6.45, 7) is 0.636. The Balaban J connectivity index is 1.78. The second-order valence-corrected chi connectivity index (χ2v) is 5.67. The van der Waals surface area contributed by atoms with E-state index in [1.54, 1.807) is 18.2 Å². The predicted octanol–water partition coefficient (Wildman–Crippen LogP) is 1.56. The van der Waals surface area contributed by atoms with Gasteiger partial charge in [-0.25, -0.2) is 0 Å². The highest BCUT2D eigenvalue weighted by Gasteiger charge is 2.32. The van der Waals surface area contributed by atoms with E-state index in [9.17, 15) is 9.59 Å². The van der Waals surface area contributed by atoms with Crippen molar-refractivity contribution >= 4 is 18.0 Å². The molecule has 2 aliphatic rings. The van der Waals surface area contributed by atoms with Crippen LogP contribution in [0.2, 0.25) is 0 Å². The molecule has 1 N–H and O–H groups in total. The molecule has 1 amide bonds. The Morgan fingerprint density at radius 2 is 2.08 bits per heavy atom. The van der Waals surface area contributed by atoms with E-state index in [1.807, 2.05) is 0 Å². The standard InChI is InChI=1S/C17H19NO6/c1-22-13-8-11(9-14-17(13)24-7-6-23-14)2-5-15(19)18(10-16(20)21)12-3-4-12/h2,5,8-9,12H,3-4,6-7,10H2,1H3,(H,20,21). The molecule has 1 saturated carbocycles. The van der Waals surface area contributed by atoms with Gasteiger partial charge in [0.2, 0.25) is 11.7 Å². The minimum absolute atomic E-state index is 0.0352. The van der Waals surface area contributed by atoms with Gasteiger partial charge >= 0.3 is 5.97 Å². The molecule has 3 rings (SSSR count). The molecule has 1 fully saturated rings.